The summed E-state index contributed by atoms with van der Waals surface area (Å²) in [6.45, 7) is 4.18. The molecule has 0 bridgehead atoms. The molecule has 2 rings (SSSR count). The lowest BCUT2D eigenvalue weighted by Crippen LogP contribution is -2.06. The fourth-order valence-electron chi connectivity index (χ4n) is 1.96. The maximum atomic E-state index is 12.4. The van der Waals surface area contributed by atoms with Gasteiger partial charge >= 0.3 is 0 Å². The van der Waals surface area contributed by atoms with Gasteiger partial charge in [0.1, 0.15) is 0 Å². The van der Waals surface area contributed by atoms with Crippen LogP contribution in [0.5, 0.6) is 0 Å². The maximum absolute atomic E-state index is 12.4. The molecule has 0 aliphatic rings. The minimum atomic E-state index is 0.0518. The molecule has 0 N–H and O–H groups in total. The molecule has 0 aromatic heterocycles. The quantitative estimate of drug-likeness (QED) is 0.730. The summed E-state index contributed by atoms with van der Waals surface area (Å²) < 4.78 is 0. The van der Waals surface area contributed by atoms with Crippen molar-refractivity contribution in [1.29, 1.82) is 0 Å². The van der Waals surface area contributed by atoms with Gasteiger partial charge < -0.3 is 0 Å². The number of hydrogen-bond acceptors (Lipinski definition) is 1. The Bertz CT molecular complexity index is 556. The Balaban J connectivity index is 2.43. The molecular weight excluding hydrogens is 244 g/mol. The highest BCUT2D eigenvalue weighted by Gasteiger charge is 2.14. The Labute approximate surface area is 112 Å². The van der Waals surface area contributed by atoms with E-state index in [2.05, 4.69) is 13.8 Å². The van der Waals surface area contributed by atoms with Gasteiger partial charge in [0.2, 0.25) is 0 Å². The van der Waals surface area contributed by atoms with E-state index in [9.17, 15) is 4.79 Å². The van der Waals surface area contributed by atoms with E-state index in [1.54, 1.807) is 24.3 Å². The molecule has 92 valence electrons. The predicted molar refractivity (Wildman–Crippen MR) is 75.4 cm³/mol. The number of halogens is 1. The van der Waals surface area contributed by atoms with E-state index >= 15 is 0 Å². The van der Waals surface area contributed by atoms with Crippen LogP contribution < -0.4 is 0 Å². The van der Waals surface area contributed by atoms with Crippen LogP contribution in [0.25, 0.3) is 0 Å². The van der Waals surface area contributed by atoms with Crippen LogP contribution >= 0.6 is 11.6 Å². The van der Waals surface area contributed by atoms with Crippen LogP contribution in [-0.4, -0.2) is 5.78 Å². The minimum Gasteiger partial charge on any atom is -0.289 e. The Hall–Kier alpha value is -1.60. The molecule has 2 heteroatoms. The third kappa shape index (κ3) is 2.62. The second-order valence-corrected chi connectivity index (χ2v) is 5.01. The predicted octanol–water partition coefficient (Wildman–Crippen LogP) is 4.69. The molecule has 0 unspecified atom stereocenters. The van der Waals surface area contributed by atoms with Crippen molar-refractivity contribution in [2.45, 2.75) is 19.8 Å². The first-order chi connectivity index (χ1) is 8.59. The Kier molecular flexibility index (Phi) is 3.83. The number of hydrogen-bond donors (Lipinski definition) is 0. The van der Waals surface area contributed by atoms with Gasteiger partial charge in [-0.05, 0) is 35.7 Å². The standard InChI is InChI=1S/C16H15ClO/c1-11(2)14-5-3-4-6-15(14)16(18)12-7-9-13(17)10-8-12/h3-11H,1-2H3. The topological polar surface area (TPSA) is 17.1 Å². The van der Waals surface area contributed by atoms with E-state index in [0.717, 1.165) is 11.1 Å². The van der Waals surface area contributed by atoms with Gasteiger partial charge in [0, 0.05) is 16.1 Å². The van der Waals surface area contributed by atoms with Gasteiger partial charge in [0.05, 0.1) is 0 Å². The van der Waals surface area contributed by atoms with Gasteiger partial charge in [0.25, 0.3) is 0 Å². The first-order valence-corrected chi connectivity index (χ1v) is 6.36. The number of rotatable bonds is 3. The van der Waals surface area contributed by atoms with E-state index in [1.807, 2.05) is 24.3 Å². The highest BCUT2D eigenvalue weighted by molar-refractivity contribution is 6.30. The molecule has 2 aromatic rings. The fourth-order valence-corrected chi connectivity index (χ4v) is 2.09. The zero-order valence-electron chi connectivity index (χ0n) is 10.5. The van der Waals surface area contributed by atoms with Gasteiger partial charge in [-0.2, -0.15) is 0 Å². The zero-order chi connectivity index (χ0) is 13.1. The molecule has 0 saturated heterocycles. The zero-order valence-corrected chi connectivity index (χ0v) is 11.2. The van der Waals surface area contributed by atoms with E-state index in [-0.39, 0.29) is 5.78 Å². The molecule has 0 aliphatic carbocycles. The largest absolute Gasteiger partial charge is 0.289 e. The fraction of sp³-hybridized carbons (Fsp3) is 0.188. The van der Waals surface area contributed by atoms with Gasteiger partial charge in [-0.1, -0.05) is 49.7 Å². The maximum Gasteiger partial charge on any atom is 0.193 e. The minimum absolute atomic E-state index is 0.0518. The summed E-state index contributed by atoms with van der Waals surface area (Å²) >= 11 is 5.83. The lowest BCUT2D eigenvalue weighted by Gasteiger charge is -2.11. The molecule has 18 heavy (non-hydrogen) atoms. The molecule has 0 fully saturated rings. The lowest BCUT2D eigenvalue weighted by atomic mass is 9.92. The molecule has 0 aliphatic heterocycles. The lowest BCUT2D eigenvalue weighted by molar-refractivity contribution is 0.103. The van der Waals surface area contributed by atoms with Crippen LogP contribution in [0.2, 0.25) is 5.02 Å². The third-order valence-corrected chi connectivity index (χ3v) is 3.19. The van der Waals surface area contributed by atoms with Crippen molar-refractivity contribution in [3.05, 3.63) is 70.2 Å². The summed E-state index contributed by atoms with van der Waals surface area (Å²) in [4.78, 5) is 12.4. The second kappa shape index (κ2) is 5.36. The Morgan fingerprint density at radius 3 is 2.22 bits per heavy atom. The molecule has 0 amide bonds. The molecule has 1 nitrogen and oxygen atoms in total. The summed E-state index contributed by atoms with van der Waals surface area (Å²) in [7, 11) is 0. The van der Waals surface area contributed by atoms with Crippen LogP contribution in [0.15, 0.2) is 48.5 Å². The van der Waals surface area contributed by atoms with Gasteiger partial charge in [-0.3, -0.25) is 4.79 Å². The molecular formula is C16H15ClO. The molecule has 0 radical (unpaired) electrons. The smallest absolute Gasteiger partial charge is 0.193 e. The van der Waals surface area contributed by atoms with Crippen LogP contribution in [0.3, 0.4) is 0 Å². The highest BCUT2D eigenvalue weighted by Crippen LogP contribution is 2.22. The number of carbonyl (C=O) groups excluding carboxylic acids is 1. The molecule has 0 heterocycles. The summed E-state index contributed by atoms with van der Waals surface area (Å²) in [5, 5.41) is 0.642. The third-order valence-electron chi connectivity index (χ3n) is 2.93. The van der Waals surface area contributed by atoms with E-state index in [4.69, 9.17) is 11.6 Å². The van der Waals surface area contributed by atoms with Crippen LogP contribution in [-0.2, 0) is 0 Å². The Morgan fingerprint density at radius 2 is 1.61 bits per heavy atom. The monoisotopic (exact) mass is 258 g/mol. The molecule has 2 aromatic carbocycles. The molecule has 0 spiro atoms. The summed E-state index contributed by atoms with van der Waals surface area (Å²) in [6, 6.07) is 14.8. The van der Waals surface area contributed by atoms with Crippen molar-refractivity contribution in [2.24, 2.45) is 0 Å². The number of ketones is 1. The molecule has 0 saturated carbocycles. The van der Waals surface area contributed by atoms with Crippen molar-refractivity contribution in [3.63, 3.8) is 0 Å². The normalized spacial score (nSPS) is 10.7. The van der Waals surface area contributed by atoms with E-state index in [0.29, 0.717) is 16.5 Å². The van der Waals surface area contributed by atoms with Crippen LogP contribution in [0.1, 0.15) is 41.3 Å². The van der Waals surface area contributed by atoms with Gasteiger partial charge in [0.15, 0.2) is 5.78 Å². The van der Waals surface area contributed by atoms with Crippen molar-refractivity contribution in [2.75, 3.05) is 0 Å². The number of benzene rings is 2. The van der Waals surface area contributed by atoms with Crippen LogP contribution in [0.4, 0.5) is 0 Å². The summed E-state index contributed by atoms with van der Waals surface area (Å²) in [5.41, 5.74) is 2.53. The SMILES string of the molecule is CC(C)c1ccccc1C(=O)c1ccc(Cl)cc1. The van der Waals surface area contributed by atoms with E-state index < -0.39 is 0 Å². The average molecular weight is 259 g/mol. The van der Waals surface area contributed by atoms with Crippen molar-refractivity contribution in [1.82, 2.24) is 0 Å². The van der Waals surface area contributed by atoms with Crippen LogP contribution in [0, 0.1) is 0 Å². The second-order valence-electron chi connectivity index (χ2n) is 4.58. The number of carbonyl (C=O) groups is 1. The van der Waals surface area contributed by atoms with Crippen molar-refractivity contribution in [3.8, 4) is 0 Å². The summed E-state index contributed by atoms with van der Waals surface area (Å²) in [6.07, 6.45) is 0. The highest BCUT2D eigenvalue weighted by atomic mass is 35.5. The van der Waals surface area contributed by atoms with Gasteiger partial charge in [-0.25, -0.2) is 0 Å². The summed E-state index contributed by atoms with van der Waals surface area (Å²) in [5.74, 6) is 0.383. The Morgan fingerprint density at radius 1 is 1.00 bits per heavy atom. The van der Waals surface area contributed by atoms with E-state index in [1.165, 1.54) is 0 Å². The van der Waals surface area contributed by atoms with Crippen molar-refractivity contribution < 1.29 is 4.79 Å². The molecule has 0 atom stereocenters. The van der Waals surface area contributed by atoms with Crippen molar-refractivity contribution >= 4 is 17.4 Å². The van der Waals surface area contributed by atoms with Gasteiger partial charge in [-0.15, -0.1) is 0 Å². The average Bonchev–Trinajstić information content (AvgIpc) is 2.39. The first-order valence-electron chi connectivity index (χ1n) is 5.99. The first kappa shape index (κ1) is 12.8.